The minimum absolute atomic E-state index is 0.107. The zero-order valence-corrected chi connectivity index (χ0v) is 17.0. The Hall–Kier alpha value is -2.68. The van der Waals surface area contributed by atoms with Gasteiger partial charge < -0.3 is 20.3 Å². The lowest BCUT2D eigenvalue weighted by Crippen LogP contribution is -2.42. The van der Waals surface area contributed by atoms with Gasteiger partial charge in [-0.3, -0.25) is 4.98 Å². The van der Waals surface area contributed by atoms with E-state index in [1.165, 1.54) is 0 Å². The Morgan fingerprint density at radius 1 is 1.27 bits per heavy atom. The molecule has 3 heterocycles. The van der Waals surface area contributed by atoms with Crippen LogP contribution in [0.15, 0.2) is 30.6 Å². The van der Waals surface area contributed by atoms with Crippen molar-refractivity contribution in [3.63, 3.8) is 0 Å². The molecule has 0 radical (unpaired) electrons. The van der Waals surface area contributed by atoms with Gasteiger partial charge in [0, 0.05) is 23.8 Å². The van der Waals surface area contributed by atoms with Gasteiger partial charge >= 0.3 is 0 Å². The van der Waals surface area contributed by atoms with Crippen molar-refractivity contribution < 1.29 is 19.3 Å². The highest BCUT2D eigenvalue weighted by molar-refractivity contribution is 5.88. The van der Waals surface area contributed by atoms with Crippen molar-refractivity contribution in [3.8, 4) is 11.3 Å². The molecule has 0 aliphatic carbocycles. The Morgan fingerprint density at radius 2 is 2.10 bits per heavy atom. The number of aliphatic hydroxyl groups excluding tert-OH is 2. The van der Waals surface area contributed by atoms with E-state index in [4.69, 9.17) is 4.74 Å². The summed E-state index contributed by atoms with van der Waals surface area (Å²) in [6.07, 6.45) is 2.75. The van der Waals surface area contributed by atoms with E-state index in [0.29, 0.717) is 18.6 Å². The predicted molar refractivity (Wildman–Crippen MR) is 112 cm³/mol. The summed E-state index contributed by atoms with van der Waals surface area (Å²) in [7, 11) is 0. The second-order valence-electron chi connectivity index (χ2n) is 7.81. The fourth-order valence-corrected chi connectivity index (χ4v) is 3.91. The third kappa shape index (κ3) is 3.98. The molecule has 0 amide bonds. The maximum absolute atomic E-state index is 14.6. The van der Waals surface area contributed by atoms with Crippen molar-refractivity contribution in [2.75, 3.05) is 18.5 Å². The van der Waals surface area contributed by atoms with Gasteiger partial charge in [0.05, 0.1) is 37.1 Å². The van der Waals surface area contributed by atoms with Crippen LogP contribution in [0.2, 0.25) is 0 Å². The summed E-state index contributed by atoms with van der Waals surface area (Å²) >= 11 is 0. The number of benzene rings is 1. The monoisotopic (exact) mass is 412 g/mol. The van der Waals surface area contributed by atoms with Crippen molar-refractivity contribution in [3.05, 3.63) is 47.5 Å². The average Bonchev–Trinajstić information content (AvgIpc) is 2.75. The molecule has 0 spiro atoms. The van der Waals surface area contributed by atoms with Crippen LogP contribution in [0, 0.1) is 5.82 Å². The van der Waals surface area contributed by atoms with Crippen molar-refractivity contribution in [1.82, 2.24) is 15.0 Å². The summed E-state index contributed by atoms with van der Waals surface area (Å²) in [5, 5.41) is 23.7. The van der Waals surface area contributed by atoms with E-state index in [2.05, 4.69) is 20.3 Å². The van der Waals surface area contributed by atoms with E-state index < -0.39 is 11.9 Å². The highest BCUT2D eigenvalue weighted by Crippen LogP contribution is 2.32. The smallest absolute Gasteiger partial charge is 0.223 e. The Kier molecular flexibility index (Phi) is 5.90. The number of rotatable bonds is 5. The lowest BCUT2D eigenvalue weighted by atomic mass is 9.93. The number of fused-ring (bicyclic) bond motifs is 1. The normalized spacial score (nSPS) is 19.4. The third-order valence-electron chi connectivity index (χ3n) is 5.40. The van der Waals surface area contributed by atoms with Crippen molar-refractivity contribution in [1.29, 1.82) is 0 Å². The van der Waals surface area contributed by atoms with Gasteiger partial charge in [-0.1, -0.05) is 19.9 Å². The maximum atomic E-state index is 14.6. The molecule has 4 rings (SSSR count). The molecule has 0 bridgehead atoms. The summed E-state index contributed by atoms with van der Waals surface area (Å²) < 4.78 is 19.9. The maximum Gasteiger partial charge on any atom is 0.223 e. The van der Waals surface area contributed by atoms with E-state index in [9.17, 15) is 14.6 Å². The number of nitrogens with one attached hydrogen (secondary N) is 1. The van der Waals surface area contributed by atoms with Crippen molar-refractivity contribution in [2.24, 2.45) is 0 Å². The minimum atomic E-state index is -0.673. The Bertz CT molecular complexity index is 1060. The minimum Gasteiger partial charge on any atom is -0.392 e. The van der Waals surface area contributed by atoms with E-state index >= 15 is 0 Å². The first-order valence-corrected chi connectivity index (χ1v) is 10.1. The number of aromatic nitrogens is 3. The van der Waals surface area contributed by atoms with Crippen molar-refractivity contribution in [2.45, 2.75) is 44.9 Å². The fraction of sp³-hybridized carbons (Fsp3) is 0.409. The topological polar surface area (TPSA) is 100 Å². The van der Waals surface area contributed by atoms with E-state index in [1.807, 2.05) is 26.0 Å². The molecule has 1 aliphatic heterocycles. The molecule has 1 aliphatic rings. The first kappa shape index (κ1) is 20.6. The highest BCUT2D eigenvalue weighted by Gasteiger charge is 2.24. The first-order chi connectivity index (χ1) is 14.5. The number of hydrogen-bond acceptors (Lipinski definition) is 7. The molecular weight excluding hydrogens is 387 g/mol. The van der Waals surface area contributed by atoms with Gasteiger partial charge in [-0.25, -0.2) is 14.4 Å². The van der Waals surface area contributed by atoms with Gasteiger partial charge in [-0.15, -0.1) is 0 Å². The average molecular weight is 412 g/mol. The van der Waals surface area contributed by atoms with Gasteiger partial charge in [0.15, 0.2) is 5.82 Å². The van der Waals surface area contributed by atoms with E-state index in [0.717, 1.165) is 28.2 Å². The predicted octanol–water partition coefficient (Wildman–Crippen LogP) is 3.01. The Balaban J connectivity index is 1.75. The molecule has 1 fully saturated rings. The SMILES string of the molecule is CC(C)c1c(CO)cnc2ccc(-c3nc(N[C@@H]4CCOC[C@@H]4O)ncc3F)cc12. The Morgan fingerprint density at radius 3 is 2.83 bits per heavy atom. The van der Waals surface area contributed by atoms with Crippen LogP contribution in [-0.2, 0) is 11.3 Å². The standard InChI is InChI=1S/C22H25FN4O3/c1-12(2)20-14(10-28)8-24-17-4-3-13(7-15(17)20)21-16(23)9-25-22(27-21)26-18-5-6-30-11-19(18)29/h3-4,7-9,12,18-19,28-29H,5-6,10-11H2,1-2H3,(H,25,26,27)/t18-,19+/m1/s1. The first-order valence-electron chi connectivity index (χ1n) is 10.1. The van der Waals surface area contributed by atoms with Crippen LogP contribution >= 0.6 is 0 Å². The molecule has 0 unspecified atom stereocenters. The number of pyridine rings is 1. The second kappa shape index (κ2) is 8.59. The Labute approximate surface area is 174 Å². The highest BCUT2D eigenvalue weighted by atomic mass is 19.1. The molecule has 7 nitrogen and oxygen atoms in total. The summed E-state index contributed by atoms with van der Waals surface area (Å²) in [5.74, 6) is -0.121. The molecule has 0 saturated carbocycles. The van der Waals surface area contributed by atoms with E-state index in [1.54, 1.807) is 12.3 Å². The number of halogens is 1. The molecule has 1 aromatic carbocycles. The van der Waals surface area contributed by atoms with Crippen molar-refractivity contribution >= 4 is 16.9 Å². The molecule has 2 atom stereocenters. The van der Waals surface area contributed by atoms with Gasteiger partial charge in [0.2, 0.25) is 5.95 Å². The zero-order valence-electron chi connectivity index (χ0n) is 17.0. The van der Waals surface area contributed by atoms with E-state index in [-0.39, 0.29) is 36.8 Å². The van der Waals surface area contributed by atoms with Crippen LogP contribution < -0.4 is 5.32 Å². The van der Waals surface area contributed by atoms with Gasteiger partial charge in [0.1, 0.15) is 5.69 Å². The van der Waals surface area contributed by atoms with Crippen LogP contribution in [-0.4, -0.2) is 50.5 Å². The number of hydrogen-bond donors (Lipinski definition) is 3. The van der Waals surface area contributed by atoms with Crippen LogP contribution in [0.3, 0.4) is 0 Å². The molecule has 1 saturated heterocycles. The lowest BCUT2D eigenvalue weighted by molar-refractivity contribution is -0.0136. The summed E-state index contributed by atoms with van der Waals surface area (Å²) in [4.78, 5) is 12.8. The lowest BCUT2D eigenvalue weighted by Gasteiger charge is -2.28. The molecule has 8 heteroatoms. The molecular formula is C22H25FN4O3. The summed E-state index contributed by atoms with van der Waals surface area (Å²) in [5.41, 5.74) is 3.28. The quantitative estimate of drug-likeness (QED) is 0.592. The van der Waals surface area contributed by atoms with Gasteiger partial charge in [-0.2, -0.15) is 0 Å². The fourth-order valence-electron chi connectivity index (χ4n) is 3.91. The zero-order chi connectivity index (χ0) is 21.3. The summed E-state index contributed by atoms with van der Waals surface area (Å²) in [6.45, 7) is 4.77. The molecule has 2 aromatic heterocycles. The number of aliphatic hydroxyl groups is 2. The van der Waals surface area contributed by atoms with Gasteiger partial charge in [-0.05, 0) is 35.6 Å². The molecule has 3 N–H and O–H groups in total. The second-order valence-corrected chi connectivity index (χ2v) is 7.81. The number of ether oxygens (including phenoxy) is 1. The van der Waals surface area contributed by atoms with Crippen LogP contribution in [0.25, 0.3) is 22.2 Å². The van der Waals surface area contributed by atoms with Crippen LogP contribution in [0.4, 0.5) is 10.3 Å². The molecule has 30 heavy (non-hydrogen) atoms. The van der Waals surface area contributed by atoms with Crippen LogP contribution in [0.5, 0.6) is 0 Å². The summed E-state index contributed by atoms with van der Waals surface area (Å²) in [6, 6.07) is 5.21. The largest absolute Gasteiger partial charge is 0.392 e. The number of nitrogens with zero attached hydrogens (tertiary/aromatic N) is 3. The number of anilines is 1. The van der Waals surface area contributed by atoms with Crippen LogP contribution in [0.1, 0.15) is 37.3 Å². The third-order valence-corrected chi connectivity index (χ3v) is 5.40. The van der Waals surface area contributed by atoms with Gasteiger partial charge in [0.25, 0.3) is 0 Å². The molecule has 158 valence electrons. The molecule has 3 aromatic rings.